The Bertz CT molecular complexity index is 835. The highest BCUT2D eigenvalue weighted by Crippen LogP contribution is 2.21. The number of Topliss-reactive ketones (excluding diaryl/α,β-unsaturated/α-hetero) is 1. The molecule has 6 nitrogen and oxygen atoms in total. The first-order chi connectivity index (χ1) is 11.6. The van der Waals surface area contributed by atoms with Crippen molar-refractivity contribution in [1.82, 2.24) is 19.9 Å². The van der Waals surface area contributed by atoms with E-state index in [9.17, 15) is 9.18 Å². The van der Waals surface area contributed by atoms with E-state index in [1.807, 2.05) is 6.07 Å². The van der Waals surface area contributed by atoms with E-state index in [4.69, 9.17) is 5.84 Å². The van der Waals surface area contributed by atoms with Crippen LogP contribution >= 0.6 is 11.8 Å². The number of thioether (sulfide) groups is 1. The highest BCUT2D eigenvalue weighted by atomic mass is 32.2. The summed E-state index contributed by atoms with van der Waals surface area (Å²) in [5.74, 6) is 6.35. The van der Waals surface area contributed by atoms with Crippen molar-refractivity contribution in [2.45, 2.75) is 11.6 Å². The molecule has 2 N–H and O–H groups in total. The molecule has 0 saturated carbocycles. The van der Waals surface area contributed by atoms with Crippen LogP contribution in [-0.2, 0) is 11.2 Å². The molecule has 0 spiro atoms. The van der Waals surface area contributed by atoms with Gasteiger partial charge in [0.25, 0.3) is 0 Å². The van der Waals surface area contributed by atoms with Gasteiger partial charge in [-0.25, -0.2) is 9.07 Å². The summed E-state index contributed by atoms with van der Waals surface area (Å²) in [4.78, 5) is 16.1. The summed E-state index contributed by atoms with van der Waals surface area (Å²) in [7, 11) is 0. The average Bonchev–Trinajstić information content (AvgIpc) is 2.97. The number of carbonyl (C=O) groups excluding carboxylic acids is 1. The molecule has 0 saturated heterocycles. The summed E-state index contributed by atoms with van der Waals surface area (Å²) in [6.07, 6.45) is 3.54. The average molecular weight is 343 g/mol. The highest BCUT2D eigenvalue weighted by molar-refractivity contribution is 7.99. The fourth-order valence-electron chi connectivity index (χ4n) is 2.09. The number of halogens is 1. The van der Waals surface area contributed by atoms with E-state index in [1.165, 1.54) is 28.6 Å². The second-order valence-corrected chi connectivity index (χ2v) is 5.99. The van der Waals surface area contributed by atoms with Crippen LogP contribution in [0.3, 0.4) is 0 Å². The van der Waals surface area contributed by atoms with Gasteiger partial charge in [-0.1, -0.05) is 23.9 Å². The van der Waals surface area contributed by atoms with Crippen molar-refractivity contribution >= 4 is 17.5 Å². The van der Waals surface area contributed by atoms with E-state index >= 15 is 0 Å². The maximum Gasteiger partial charge on any atom is 0.210 e. The third-order valence-corrected chi connectivity index (χ3v) is 4.26. The van der Waals surface area contributed by atoms with Crippen LogP contribution in [0.5, 0.6) is 0 Å². The Labute approximate surface area is 141 Å². The molecule has 0 aliphatic rings. The number of nitrogens with zero attached hydrogens (tertiary/aromatic N) is 4. The molecule has 2 aromatic heterocycles. The number of nitrogens with two attached hydrogens (primary N) is 1. The van der Waals surface area contributed by atoms with E-state index < -0.39 is 0 Å². The molecule has 0 aliphatic carbocycles. The molecule has 3 aromatic rings. The molecule has 0 bridgehead atoms. The number of carbonyl (C=O) groups is 1. The van der Waals surface area contributed by atoms with Crippen molar-refractivity contribution in [3.63, 3.8) is 0 Å². The van der Waals surface area contributed by atoms with Crippen LogP contribution < -0.4 is 5.84 Å². The van der Waals surface area contributed by atoms with Crippen LogP contribution in [0, 0.1) is 5.82 Å². The Hall–Kier alpha value is -2.74. The Kier molecular flexibility index (Phi) is 4.85. The lowest BCUT2D eigenvalue weighted by molar-refractivity contribution is -0.116. The fraction of sp³-hybridized carbons (Fsp3) is 0.125. The largest absolute Gasteiger partial charge is 0.335 e. The van der Waals surface area contributed by atoms with Crippen LogP contribution in [0.2, 0.25) is 0 Å². The van der Waals surface area contributed by atoms with Gasteiger partial charge in [-0.15, -0.1) is 10.2 Å². The molecular formula is C16H14FN5OS. The fourth-order valence-corrected chi connectivity index (χ4v) is 2.81. The minimum absolute atomic E-state index is 0.00228. The highest BCUT2D eigenvalue weighted by Gasteiger charge is 2.14. The van der Waals surface area contributed by atoms with Gasteiger partial charge in [0.1, 0.15) is 11.6 Å². The Balaban J connectivity index is 1.62. The third-order valence-electron chi connectivity index (χ3n) is 3.26. The van der Waals surface area contributed by atoms with E-state index in [-0.39, 0.29) is 23.8 Å². The van der Waals surface area contributed by atoms with Gasteiger partial charge in [0.15, 0.2) is 5.82 Å². The van der Waals surface area contributed by atoms with Gasteiger partial charge in [0.2, 0.25) is 5.16 Å². The van der Waals surface area contributed by atoms with Crippen LogP contribution in [-0.4, -0.2) is 31.4 Å². The zero-order valence-electron chi connectivity index (χ0n) is 12.6. The number of hydrogen-bond acceptors (Lipinski definition) is 6. The zero-order chi connectivity index (χ0) is 16.9. The van der Waals surface area contributed by atoms with Crippen LogP contribution in [0.1, 0.15) is 5.56 Å². The first-order valence-electron chi connectivity index (χ1n) is 7.13. The lowest BCUT2D eigenvalue weighted by Crippen LogP contribution is -2.13. The van der Waals surface area contributed by atoms with Crippen molar-refractivity contribution in [3.05, 3.63) is 60.2 Å². The molecule has 0 aliphatic heterocycles. The molecule has 8 heteroatoms. The van der Waals surface area contributed by atoms with Crippen LogP contribution in [0.15, 0.2) is 53.9 Å². The first-order valence-corrected chi connectivity index (χ1v) is 8.12. The van der Waals surface area contributed by atoms with Crippen molar-refractivity contribution in [2.75, 3.05) is 11.6 Å². The van der Waals surface area contributed by atoms with Gasteiger partial charge in [0.05, 0.1) is 5.75 Å². The molecule has 0 fully saturated rings. The van der Waals surface area contributed by atoms with Gasteiger partial charge < -0.3 is 5.84 Å². The minimum Gasteiger partial charge on any atom is -0.335 e. The molecular weight excluding hydrogens is 329 g/mol. The number of nitrogen functional groups attached to an aromatic ring is 1. The predicted octanol–water partition coefficient (Wildman–Crippen LogP) is 2.10. The summed E-state index contributed by atoms with van der Waals surface area (Å²) in [5, 5.41) is 8.48. The van der Waals surface area contributed by atoms with Crippen molar-refractivity contribution < 1.29 is 9.18 Å². The van der Waals surface area contributed by atoms with Crippen molar-refractivity contribution in [2.24, 2.45) is 0 Å². The first kappa shape index (κ1) is 16.1. The topological polar surface area (TPSA) is 86.7 Å². The normalized spacial score (nSPS) is 10.7. The maximum absolute atomic E-state index is 12.9. The Morgan fingerprint density at radius 2 is 2.00 bits per heavy atom. The predicted molar refractivity (Wildman–Crippen MR) is 89.2 cm³/mol. The molecule has 0 amide bonds. The second kappa shape index (κ2) is 7.22. The number of benzene rings is 1. The van der Waals surface area contributed by atoms with Crippen molar-refractivity contribution in [3.8, 4) is 11.4 Å². The Morgan fingerprint density at radius 3 is 2.71 bits per heavy atom. The molecule has 3 rings (SSSR count). The van der Waals surface area contributed by atoms with Gasteiger partial charge in [0, 0.05) is 24.4 Å². The number of ketones is 1. The third kappa shape index (κ3) is 3.77. The summed E-state index contributed by atoms with van der Waals surface area (Å²) >= 11 is 1.21. The molecule has 24 heavy (non-hydrogen) atoms. The van der Waals surface area contributed by atoms with E-state index in [1.54, 1.807) is 30.6 Å². The Morgan fingerprint density at radius 1 is 1.21 bits per heavy atom. The lowest BCUT2D eigenvalue weighted by Gasteiger charge is -2.03. The molecule has 1 aromatic carbocycles. The van der Waals surface area contributed by atoms with E-state index in [0.29, 0.717) is 11.0 Å². The smallest absolute Gasteiger partial charge is 0.210 e. The number of hydrogen-bond donors (Lipinski definition) is 1. The van der Waals surface area contributed by atoms with Gasteiger partial charge in [-0.05, 0) is 29.8 Å². The lowest BCUT2D eigenvalue weighted by atomic mass is 10.1. The quantitative estimate of drug-likeness (QED) is 0.545. The van der Waals surface area contributed by atoms with E-state index in [0.717, 1.165) is 11.1 Å². The molecule has 0 unspecified atom stereocenters. The van der Waals surface area contributed by atoms with Gasteiger partial charge in [-0.2, -0.15) is 0 Å². The summed E-state index contributed by atoms with van der Waals surface area (Å²) in [5.41, 5.74) is 1.52. The van der Waals surface area contributed by atoms with E-state index in [2.05, 4.69) is 15.2 Å². The number of pyridine rings is 1. The van der Waals surface area contributed by atoms with Gasteiger partial charge >= 0.3 is 0 Å². The molecule has 0 atom stereocenters. The van der Waals surface area contributed by atoms with Gasteiger partial charge in [-0.3, -0.25) is 9.78 Å². The van der Waals surface area contributed by atoms with Crippen LogP contribution in [0.25, 0.3) is 11.4 Å². The monoisotopic (exact) mass is 343 g/mol. The minimum atomic E-state index is -0.320. The molecule has 0 radical (unpaired) electrons. The summed E-state index contributed by atoms with van der Waals surface area (Å²) in [6.45, 7) is 0. The summed E-state index contributed by atoms with van der Waals surface area (Å²) in [6, 6.07) is 9.49. The zero-order valence-corrected chi connectivity index (χ0v) is 13.4. The maximum atomic E-state index is 12.9. The standard InChI is InChI=1S/C16H14FN5OS/c17-13-5-3-11(4-6-13)8-14(23)10-24-16-21-20-15(22(16)18)12-2-1-7-19-9-12/h1-7,9H,8,10,18H2. The molecule has 122 valence electrons. The number of aromatic nitrogens is 4. The second-order valence-electron chi connectivity index (χ2n) is 5.05. The van der Waals surface area contributed by atoms with Crippen molar-refractivity contribution in [1.29, 1.82) is 0 Å². The summed E-state index contributed by atoms with van der Waals surface area (Å²) < 4.78 is 14.2. The van der Waals surface area contributed by atoms with Crippen LogP contribution in [0.4, 0.5) is 4.39 Å². The number of rotatable bonds is 6. The molecule has 2 heterocycles. The SMILES string of the molecule is Nn1c(SCC(=O)Cc2ccc(F)cc2)nnc1-c1cccnc1.